The number of rotatable bonds is 1. The van der Waals surface area contributed by atoms with Crippen molar-refractivity contribution < 1.29 is 14.4 Å². The maximum Gasteiger partial charge on any atom is 0.238 e. The molecular weight excluding hydrogens is 382 g/mol. The number of carbonyl (C=O) groups excluding carboxylic acids is 3. The number of hydrogen-bond acceptors (Lipinski definition) is 3. The van der Waals surface area contributed by atoms with Gasteiger partial charge < -0.3 is 0 Å². The zero-order chi connectivity index (χ0) is 17.3. The summed E-state index contributed by atoms with van der Waals surface area (Å²) in [5.41, 5.74) is 2.56. The Labute approximate surface area is 153 Å². The summed E-state index contributed by atoms with van der Waals surface area (Å²) >= 11 is 3.39. The first-order chi connectivity index (χ1) is 12.1. The number of hydrogen-bond donors (Lipinski definition) is 0. The van der Waals surface area contributed by atoms with E-state index in [1.165, 1.54) is 4.90 Å². The number of anilines is 1. The highest BCUT2D eigenvalue weighted by Crippen LogP contribution is 2.57. The van der Waals surface area contributed by atoms with Gasteiger partial charge >= 0.3 is 0 Å². The molecule has 2 fully saturated rings. The van der Waals surface area contributed by atoms with E-state index >= 15 is 0 Å². The number of imide groups is 1. The summed E-state index contributed by atoms with van der Waals surface area (Å²) in [4.78, 5) is 40.2. The highest BCUT2D eigenvalue weighted by Gasteiger charge is 2.62. The van der Waals surface area contributed by atoms with Gasteiger partial charge in [-0.2, -0.15) is 0 Å². The molecule has 0 spiro atoms. The Morgan fingerprint density at radius 2 is 1.60 bits per heavy atom. The van der Waals surface area contributed by atoms with E-state index < -0.39 is 17.8 Å². The highest BCUT2D eigenvalue weighted by atomic mass is 79.9. The minimum Gasteiger partial charge on any atom is -0.299 e. The minimum atomic E-state index is -0.562. The predicted molar refractivity (Wildman–Crippen MR) is 95.2 cm³/mol. The fourth-order valence-electron chi connectivity index (χ4n) is 4.83. The van der Waals surface area contributed by atoms with Gasteiger partial charge in [-0.25, -0.2) is 4.90 Å². The van der Waals surface area contributed by atoms with Gasteiger partial charge in [0.25, 0.3) is 0 Å². The second-order valence-corrected chi connectivity index (χ2v) is 7.84. The van der Waals surface area contributed by atoms with Crippen LogP contribution in [0.1, 0.15) is 29.4 Å². The molecule has 4 nitrogen and oxygen atoms in total. The maximum atomic E-state index is 13.1. The largest absolute Gasteiger partial charge is 0.299 e. The molecular formula is C20H14BrNO3. The standard InChI is InChI=1S/C20H14BrNO3/c21-10-4-3-5-11(8-10)22-19(24)17-14-9-15(23)16(18(17)20(22)25)13-7-2-1-6-12(13)14/h1-8,14,16-18H,9H2/t14-,16+,17-,18-/m0/s1. The SMILES string of the molecule is O=C1C[C@H]2c3ccccc3[C@H]1[C@@H]1C(=O)N(c3cccc(Br)c3)C(=O)[C@H]12. The van der Waals surface area contributed by atoms with E-state index in [0.717, 1.165) is 15.6 Å². The second kappa shape index (κ2) is 5.11. The fourth-order valence-corrected chi connectivity index (χ4v) is 5.22. The van der Waals surface area contributed by atoms with Crippen LogP contribution in [0.5, 0.6) is 0 Å². The molecule has 2 aromatic carbocycles. The van der Waals surface area contributed by atoms with Crippen LogP contribution >= 0.6 is 15.9 Å². The molecule has 2 aromatic rings. The van der Waals surface area contributed by atoms with Gasteiger partial charge in [-0.3, -0.25) is 14.4 Å². The van der Waals surface area contributed by atoms with Crippen molar-refractivity contribution in [1.82, 2.24) is 0 Å². The summed E-state index contributed by atoms with van der Waals surface area (Å²) in [7, 11) is 0. The first kappa shape index (κ1) is 15.0. The van der Waals surface area contributed by atoms with Crippen molar-refractivity contribution >= 4 is 39.2 Å². The van der Waals surface area contributed by atoms with Crippen molar-refractivity contribution in [3.05, 3.63) is 64.1 Å². The van der Waals surface area contributed by atoms with Crippen LogP contribution in [0.3, 0.4) is 0 Å². The number of nitrogens with zero attached hydrogens (tertiary/aromatic N) is 1. The topological polar surface area (TPSA) is 54.5 Å². The Balaban J connectivity index is 1.66. The molecule has 1 aliphatic heterocycles. The molecule has 0 radical (unpaired) electrons. The number of halogens is 1. The van der Waals surface area contributed by atoms with Crippen LogP contribution in [-0.2, 0) is 14.4 Å². The average Bonchev–Trinajstić information content (AvgIpc) is 2.87. The van der Waals surface area contributed by atoms with Crippen LogP contribution in [0.15, 0.2) is 53.0 Å². The maximum absolute atomic E-state index is 13.1. The van der Waals surface area contributed by atoms with Gasteiger partial charge in [-0.15, -0.1) is 0 Å². The van der Waals surface area contributed by atoms with Crippen LogP contribution in [0.4, 0.5) is 5.69 Å². The van der Waals surface area contributed by atoms with Crippen LogP contribution in [-0.4, -0.2) is 17.6 Å². The van der Waals surface area contributed by atoms with Gasteiger partial charge in [0.15, 0.2) is 0 Å². The monoisotopic (exact) mass is 395 g/mol. The number of benzene rings is 2. The molecule has 0 aromatic heterocycles. The number of carbonyl (C=O) groups is 3. The number of ketones is 1. The third kappa shape index (κ3) is 1.90. The Hall–Kier alpha value is -2.27. The van der Waals surface area contributed by atoms with E-state index in [0.29, 0.717) is 12.1 Å². The van der Waals surface area contributed by atoms with Gasteiger partial charge in [-0.05, 0) is 29.3 Å². The Morgan fingerprint density at radius 1 is 0.880 bits per heavy atom. The van der Waals surface area contributed by atoms with Crippen molar-refractivity contribution in [3.63, 3.8) is 0 Å². The molecule has 4 aliphatic rings. The van der Waals surface area contributed by atoms with E-state index in [1.54, 1.807) is 18.2 Å². The molecule has 2 bridgehead atoms. The zero-order valence-corrected chi connectivity index (χ0v) is 14.8. The summed E-state index contributed by atoms with van der Waals surface area (Å²) in [5.74, 6) is -2.00. The molecule has 6 rings (SSSR count). The molecule has 0 N–H and O–H groups in total. The van der Waals surface area contributed by atoms with Gasteiger partial charge in [0, 0.05) is 16.8 Å². The van der Waals surface area contributed by atoms with E-state index in [9.17, 15) is 14.4 Å². The van der Waals surface area contributed by atoms with Crippen LogP contribution in [0.25, 0.3) is 0 Å². The van der Waals surface area contributed by atoms with E-state index in [1.807, 2.05) is 30.3 Å². The van der Waals surface area contributed by atoms with Gasteiger partial charge in [-0.1, -0.05) is 46.3 Å². The molecule has 5 heteroatoms. The van der Waals surface area contributed by atoms with Gasteiger partial charge in [0.05, 0.1) is 23.4 Å². The number of amides is 2. The average molecular weight is 396 g/mol. The Morgan fingerprint density at radius 3 is 2.36 bits per heavy atom. The summed E-state index contributed by atoms with van der Waals surface area (Å²) in [5, 5.41) is 0. The third-order valence-electron chi connectivity index (χ3n) is 5.76. The molecule has 1 heterocycles. The lowest BCUT2D eigenvalue weighted by atomic mass is 9.56. The molecule has 0 unspecified atom stereocenters. The van der Waals surface area contributed by atoms with E-state index in [4.69, 9.17) is 0 Å². The second-order valence-electron chi connectivity index (χ2n) is 6.93. The van der Waals surface area contributed by atoms with Crippen molar-refractivity contribution in [3.8, 4) is 0 Å². The van der Waals surface area contributed by atoms with Crippen molar-refractivity contribution in [1.29, 1.82) is 0 Å². The van der Waals surface area contributed by atoms with Crippen LogP contribution < -0.4 is 4.90 Å². The summed E-state index contributed by atoms with van der Waals surface area (Å²) in [6.45, 7) is 0. The first-order valence-electron chi connectivity index (χ1n) is 8.33. The van der Waals surface area contributed by atoms with Crippen molar-refractivity contribution in [2.45, 2.75) is 18.3 Å². The lowest BCUT2D eigenvalue weighted by Gasteiger charge is -2.43. The minimum absolute atomic E-state index is 0.0854. The lowest BCUT2D eigenvalue weighted by molar-refractivity contribution is -0.134. The lowest BCUT2D eigenvalue weighted by Crippen LogP contribution is -2.44. The molecule has 2 amide bonds. The first-order valence-corrected chi connectivity index (χ1v) is 9.12. The fraction of sp³-hybridized carbons (Fsp3) is 0.250. The molecule has 25 heavy (non-hydrogen) atoms. The van der Waals surface area contributed by atoms with Crippen molar-refractivity contribution in [2.24, 2.45) is 11.8 Å². The molecule has 124 valence electrons. The molecule has 1 saturated carbocycles. The Bertz CT molecular complexity index is 953. The summed E-state index contributed by atoms with van der Waals surface area (Å²) < 4.78 is 0.808. The Kier molecular flexibility index (Phi) is 3.07. The number of Topliss-reactive ketones (excluding diaryl/α,β-unsaturated/α-hetero) is 1. The predicted octanol–water partition coefficient (Wildman–Crippen LogP) is 3.41. The summed E-state index contributed by atoms with van der Waals surface area (Å²) in [6, 6.07) is 14.9. The van der Waals surface area contributed by atoms with Crippen LogP contribution in [0.2, 0.25) is 0 Å². The third-order valence-corrected chi connectivity index (χ3v) is 6.25. The quantitative estimate of drug-likeness (QED) is 0.695. The van der Waals surface area contributed by atoms with E-state index in [2.05, 4.69) is 15.9 Å². The normalized spacial score (nSPS) is 29.8. The molecule has 3 aliphatic carbocycles. The zero-order valence-electron chi connectivity index (χ0n) is 13.2. The van der Waals surface area contributed by atoms with Gasteiger partial charge in [0.1, 0.15) is 5.78 Å². The van der Waals surface area contributed by atoms with E-state index in [-0.39, 0.29) is 23.5 Å². The highest BCUT2D eigenvalue weighted by molar-refractivity contribution is 9.10. The molecule has 1 saturated heterocycles. The van der Waals surface area contributed by atoms with Crippen molar-refractivity contribution in [2.75, 3.05) is 4.90 Å². The van der Waals surface area contributed by atoms with Crippen LogP contribution in [0, 0.1) is 11.8 Å². The van der Waals surface area contributed by atoms with Gasteiger partial charge in [0.2, 0.25) is 11.8 Å². The molecule has 4 atom stereocenters. The number of fused-ring (bicyclic) bond motifs is 1. The summed E-state index contributed by atoms with van der Waals surface area (Å²) in [6.07, 6.45) is 0.355. The smallest absolute Gasteiger partial charge is 0.238 e.